The van der Waals surface area contributed by atoms with Crippen LogP contribution in [0.1, 0.15) is 12.2 Å². The standard InChI is InChI=1S/C10H13N3O/c1-14-8-4-5-9-11-10-6-2-3-7-13(10)12-9/h2-3,6-7H,4-5,8H2,1H3. The van der Waals surface area contributed by atoms with Crippen molar-refractivity contribution < 1.29 is 4.74 Å². The van der Waals surface area contributed by atoms with E-state index in [1.807, 2.05) is 24.4 Å². The van der Waals surface area contributed by atoms with Crippen molar-refractivity contribution in [2.45, 2.75) is 12.8 Å². The molecule has 0 N–H and O–H groups in total. The fourth-order valence-corrected chi connectivity index (χ4v) is 1.36. The van der Waals surface area contributed by atoms with Gasteiger partial charge in [-0.3, -0.25) is 0 Å². The summed E-state index contributed by atoms with van der Waals surface area (Å²) in [6.45, 7) is 0.759. The first-order valence-electron chi connectivity index (χ1n) is 4.69. The predicted octanol–water partition coefficient (Wildman–Crippen LogP) is 1.31. The maximum absolute atomic E-state index is 4.98. The lowest BCUT2D eigenvalue weighted by Gasteiger charge is -1.93. The van der Waals surface area contributed by atoms with E-state index < -0.39 is 0 Å². The van der Waals surface area contributed by atoms with Crippen molar-refractivity contribution in [3.63, 3.8) is 0 Å². The van der Waals surface area contributed by atoms with Gasteiger partial charge in [-0.2, -0.15) is 5.10 Å². The molecule has 2 heterocycles. The first-order valence-corrected chi connectivity index (χ1v) is 4.69. The minimum Gasteiger partial charge on any atom is -0.385 e. The van der Waals surface area contributed by atoms with Crippen LogP contribution < -0.4 is 0 Å². The lowest BCUT2D eigenvalue weighted by molar-refractivity contribution is 0.194. The molecule has 0 spiro atoms. The van der Waals surface area contributed by atoms with Crippen molar-refractivity contribution in [2.24, 2.45) is 0 Å². The number of rotatable bonds is 4. The second-order valence-electron chi connectivity index (χ2n) is 3.13. The minimum absolute atomic E-state index is 0.759. The number of aromatic nitrogens is 3. The topological polar surface area (TPSA) is 39.4 Å². The summed E-state index contributed by atoms with van der Waals surface area (Å²) in [5, 5.41) is 4.33. The van der Waals surface area contributed by atoms with Crippen LogP contribution in [-0.2, 0) is 11.2 Å². The van der Waals surface area contributed by atoms with Gasteiger partial charge in [0.25, 0.3) is 0 Å². The Hall–Kier alpha value is -1.42. The van der Waals surface area contributed by atoms with E-state index in [0.717, 1.165) is 30.9 Å². The third-order valence-electron chi connectivity index (χ3n) is 2.03. The Bertz CT molecular complexity index is 377. The maximum Gasteiger partial charge on any atom is 0.155 e. The highest BCUT2D eigenvalue weighted by atomic mass is 16.5. The molecule has 74 valence electrons. The third-order valence-corrected chi connectivity index (χ3v) is 2.03. The molecule has 0 amide bonds. The van der Waals surface area contributed by atoms with E-state index in [2.05, 4.69) is 10.1 Å². The predicted molar refractivity (Wildman–Crippen MR) is 53.2 cm³/mol. The zero-order chi connectivity index (χ0) is 9.80. The van der Waals surface area contributed by atoms with Gasteiger partial charge in [0.1, 0.15) is 0 Å². The van der Waals surface area contributed by atoms with Gasteiger partial charge in [-0.05, 0) is 18.6 Å². The number of fused-ring (bicyclic) bond motifs is 1. The van der Waals surface area contributed by atoms with E-state index in [4.69, 9.17) is 4.74 Å². The number of ether oxygens (including phenoxy) is 1. The van der Waals surface area contributed by atoms with Crippen LogP contribution in [0.2, 0.25) is 0 Å². The van der Waals surface area contributed by atoms with Gasteiger partial charge >= 0.3 is 0 Å². The zero-order valence-electron chi connectivity index (χ0n) is 8.18. The lowest BCUT2D eigenvalue weighted by Crippen LogP contribution is -1.94. The van der Waals surface area contributed by atoms with Crippen molar-refractivity contribution in [3.8, 4) is 0 Å². The molecule has 2 aromatic heterocycles. The molecule has 0 saturated carbocycles. The molecule has 2 aromatic rings. The fourth-order valence-electron chi connectivity index (χ4n) is 1.36. The monoisotopic (exact) mass is 191 g/mol. The van der Waals surface area contributed by atoms with E-state index in [1.54, 1.807) is 11.6 Å². The van der Waals surface area contributed by atoms with Gasteiger partial charge in [0.2, 0.25) is 0 Å². The normalized spacial score (nSPS) is 10.9. The molecule has 0 unspecified atom stereocenters. The van der Waals surface area contributed by atoms with Crippen LogP contribution in [0.15, 0.2) is 24.4 Å². The summed E-state index contributed by atoms with van der Waals surface area (Å²) in [6.07, 6.45) is 3.74. The van der Waals surface area contributed by atoms with Crippen molar-refractivity contribution in [1.82, 2.24) is 14.6 Å². The SMILES string of the molecule is COCCCc1nc2ccccn2n1. The minimum atomic E-state index is 0.759. The largest absolute Gasteiger partial charge is 0.385 e. The van der Waals surface area contributed by atoms with Crippen molar-refractivity contribution in [3.05, 3.63) is 30.2 Å². The van der Waals surface area contributed by atoms with Crippen LogP contribution in [0.4, 0.5) is 0 Å². The van der Waals surface area contributed by atoms with E-state index in [0.29, 0.717) is 0 Å². The average molecular weight is 191 g/mol. The van der Waals surface area contributed by atoms with E-state index in [-0.39, 0.29) is 0 Å². The summed E-state index contributed by atoms with van der Waals surface area (Å²) in [5.74, 6) is 0.883. The first-order chi connectivity index (χ1) is 6.90. The van der Waals surface area contributed by atoms with Gasteiger partial charge in [-0.25, -0.2) is 9.50 Å². The molecule has 0 aliphatic rings. The molecule has 0 aliphatic carbocycles. The summed E-state index contributed by atoms with van der Waals surface area (Å²) < 4.78 is 6.77. The molecule has 0 bridgehead atoms. The average Bonchev–Trinajstić information content (AvgIpc) is 2.60. The molecule has 14 heavy (non-hydrogen) atoms. The molecule has 0 saturated heterocycles. The summed E-state index contributed by atoms with van der Waals surface area (Å²) in [5.41, 5.74) is 0.903. The quantitative estimate of drug-likeness (QED) is 0.684. The summed E-state index contributed by atoms with van der Waals surface area (Å²) >= 11 is 0. The number of pyridine rings is 1. The van der Waals surface area contributed by atoms with Gasteiger partial charge in [0, 0.05) is 26.3 Å². The molecule has 4 nitrogen and oxygen atoms in total. The van der Waals surface area contributed by atoms with Crippen molar-refractivity contribution in [1.29, 1.82) is 0 Å². The van der Waals surface area contributed by atoms with Crippen LogP contribution in [0, 0.1) is 0 Å². The molecule has 0 fully saturated rings. The van der Waals surface area contributed by atoms with E-state index >= 15 is 0 Å². The van der Waals surface area contributed by atoms with Crippen LogP contribution in [-0.4, -0.2) is 28.3 Å². The highest BCUT2D eigenvalue weighted by Crippen LogP contribution is 2.02. The summed E-state index contributed by atoms with van der Waals surface area (Å²) in [7, 11) is 1.71. The Morgan fingerprint density at radius 3 is 3.14 bits per heavy atom. The van der Waals surface area contributed by atoms with Gasteiger partial charge < -0.3 is 4.74 Å². The van der Waals surface area contributed by atoms with Crippen molar-refractivity contribution >= 4 is 5.65 Å². The van der Waals surface area contributed by atoms with Crippen LogP contribution in [0.3, 0.4) is 0 Å². The number of hydrogen-bond acceptors (Lipinski definition) is 3. The number of aryl methyl sites for hydroxylation is 1. The third kappa shape index (κ3) is 1.90. The molecule has 0 radical (unpaired) electrons. The Morgan fingerprint density at radius 2 is 2.36 bits per heavy atom. The molecule has 0 atom stereocenters. The molecular weight excluding hydrogens is 178 g/mol. The maximum atomic E-state index is 4.98. The van der Waals surface area contributed by atoms with Gasteiger partial charge in [-0.1, -0.05) is 6.07 Å². The van der Waals surface area contributed by atoms with Crippen LogP contribution >= 0.6 is 0 Å². The molecule has 4 heteroatoms. The zero-order valence-corrected chi connectivity index (χ0v) is 8.18. The number of hydrogen-bond donors (Lipinski definition) is 0. The highest BCUT2D eigenvalue weighted by molar-refractivity contribution is 5.36. The van der Waals surface area contributed by atoms with Gasteiger partial charge in [0.05, 0.1) is 0 Å². The Morgan fingerprint density at radius 1 is 1.43 bits per heavy atom. The Balaban J connectivity index is 2.11. The Kier molecular flexibility index (Phi) is 2.74. The van der Waals surface area contributed by atoms with Crippen LogP contribution in [0.5, 0.6) is 0 Å². The van der Waals surface area contributed by atoms with Gasteiger partial charge in [-0.15, -0.1) is 0 Å². The first kappa shape index (κ1) is 9.15. The highest BCUT2D eigenvalue weighted by Gasteiger charge is 2.01. The molecule has 0 aromatic carbocycles. The second-order valence-corrected chi connectivity index (χ2v) is 3.13. The Labute approximate surface area is 82.5 Å². The van der Waals surface area contributed by atoms with Crippen molar-refractivity contribution in [2.75, 3.05) is 13.7 Å². The summed E-state index contributed by atoms with van der Waals surface area (Å²) in [4.78, 5) is 4.38. The molecule has 0 aliphatic heterocycles. The van der Waals surface area contributed by atoms with E-state index in [1.165, 1.54) is 0 Å². The molecular formula is C10H13N3O. The van der Waals surface area contributed by atoms with Gasteiger partial charge in [0.15, 0.2) is 11.5 Å². The second kappa shape index (κ2) is 4.19. The number of nitrogens with zero attached hydrogens (tertiary/aromatic N) is 3. The lowest BCUT2D eigenvalue weighted by atomic mass is 10.3. The summed E-state index contributed by atoms with van der Waals surface area (Å²) in [6, 6.07) is 5.86. The van der Waals surface area contributed by atoms with Crippen LogP contribution in [0.25, 0.3) is 5.65 Å². The van der Waals surface area contributed by atoms with E-state index in [9.17, 15) is 0 Å². The number of methoxy groups -OCH3 is 1. The molecule has 2 rings (SSSR count). The smallest absolute Gasteiger partial charge is 0.155 e. The fraction of sp³-hybridized carbons (Fsp3) is 0.400.